The van der Waals surface area contributed by atoms with Crippen LogP contribution in [-0.4, -0.2) is 43.5 Å². The zero-order valence-electron chi connectivity index (χ0n) is 10.2. The molecule has 0 saturated carbocycles. The number of carbonyl (C=O) groups is 1. The molecule has 0 aliphatic carbocycles. The maximum atomic E-state index is 11.7. The number of nitrogens with one attached hydrogen (secondary N) is 1. The zero-order valence-corrected chi connectivity index (χ0v) is 11.0. The molecule has 3 N–H and O–H groups in total. The van der Waals surface area contributed by atoms with Crippen molar-refractivity contribution >= 4 is 17.5 Å². The SMILES string of the molecule is CC(=O)c1cn([C@H]2C[C@H](O)[C@@H](CO)S2)c(=O)[nH]c1=O. The molecular formula is C11H14N2O5S. The predicted molar refractivity (Wildman–Crippen MR) is 69.5 cm³/mol. The summed E-state index contributed by atoms with van der Waals surface area (Å²) < 4.78 is 1.22. The highest BCUT2D eigenvalue weighted by Crippen LogP contribution is 2.40. The first-order valence-electron chi connectivity index (χ1n) is 5.74. The molecule has 104 valence electrons. The number of hydrogen-bond acceptors (Lipinski definition) is 6. The van der Waals surface area contributed by atoms with Gasteiger partial charge in [0.05, 0.1) is 28.9 Å². The lowest BCUT2D eigenvalue weighted by Crippen LogP contribution is -2.34. The number of ketones is 1. The van der Waals surface area contributed by atoms with Crippen LogP contribution >= 0.6 is 11.8 Å². The van der Waals surface area contributed by atoms with Gasteiger partial charge in [0.25, 0.3) is 5.56 Å². The number of aromatic amines is 1. The van der Waals surface area contributed by atoms with Crippen LogP contribution in [-0.2, 0) is 0 Å². The largest absolute Gasteiger partial charge is 0.395 e. The van der Waals surface area contributed by atoms with E-state index in [1.807, 2.05) is 0 Å². The smallest absolute Gasteiger partial charge is 0.329 e. The predicted octanol–water partition coefficient (Wildman–Crippen LogP) is -0.903. The summed E-state index contributed by atoms with van der Waals surface area (Å²) in [6, 6.07) is 0. The maximum Gasteiger partial charge on any atom is 0.329 e. The molecule has 19 heavy (non-hydrogen) atoms. The molecule has 1 saturated heterocycles. The van der Waals surface area contributed by atoms with Crippen molar-refractivity contribution in [3.63, 3.8) is 0 Å². The van der Waals surface area contributed by atoms with E-state index in [4.69, 9.17) is 5.11 Å². The second kappa shape index (κ2) is 5.32. The van der Waals surface area contributed by atoms with E-state index in [1.54, 1.807) is 0 Å². The zero-order chi connectivity index (χ0) is 14.2. The van der Waals surface area contributed by atoms with E-state index in [0.29, 0.717) is 0 Å². The number of aliphatic hydroxyl groups is 2. The Morgan fingerprint density at radius 2 is 2.26 bits per heavy atom. The highest BCUT2D eigenvalue weighted by Gasteiger charge is 2.35. The molecule has 2 rings (SSSR count). The third-order valence-corrected chi connectivity index (χ3v) is 4.59. The van der Waals surface area contributed by atoms with Crippen molar-refractivity contribution in [2.75, 3.05) is 6.61 Å². The van der Waals surface area contributed by atoms with Crippen LogP contribution in [0.2, 0.25) is 0 Å². The van der Waals surface area contributed by atoms with E-state index in [-0.39, 0.29) is 23.8 Å². The van der Waals surface area contributed by atoms with E-state index in [2.05, 4.69) is 4.98 Å². The summed E-state index contributed by atoms with van der Waals surface area (Å²) in [6.07, 6.45) is 0.770. The molecule has 8 heteroatoms. The molecule has 1 aliphatic heterocycles. The van der Waals surface area contributed by atoms with Gasteiger partial charge in [0, 0.05) is 12.6 Å². The summed E-state index contributed by atoms with van der Waals surface area (Å²) in [5.41, 5.74) is -1.43. The van der Waals surface area contributed by atoms with Gasteiger partial charge < -0.3 is 10.2 Å². The molecule has 0 unspecified atom stereocenters. The second-order valence-corrected chi connectivity index (χ2v) is 5.80. The van der Waals surface area contributed by atoms with Crippen molar-refractivity contribution in [1.29, 1.82) is 0 Å². The van der Waals surface area contributed by atoms with Crippen molar-refractivity contribution in [3.8, 4) is 0 Å². The number of nitrogens with zero attached hydrogens (tertiary/aromatic N) is 1. The standard InChI is InChI=1S/C11H14N2O5S/c1-5(15)6-3-13(11(18)12-10(6)17)9-2-7(16)8(4-14)19-9/h3,7-9,14,16H,2,4H2,1H3,(H,12,17,18)/t7-,8+,9+/m0/s1. The Bertz CT molecular complexity index is 608. The van der Waals surface area contributed by atoms with E-state index >= 15 is 0 Å². The first-order chi connectivity index (χ1) is 8.93. The number of hydrogen-bond donors (Lipinski definition) is 3. The number of aromatic nitrogens is 2. The van der Waals surface area contributed by atoms with Gasteiger partial charge in [-0.1, -0.05) is 0 Å². The average molecular weight is 286 g/mol. The molecule has 0 aromatic carbocycles. The molecule has 1 aromatic heterocycles. The lowest BCUT2D eigenvalue weighted by molar-refractivity contribution is 0.101. The van der Waals surface area contributed by atoms with Crippen LogP contribution in [0.3, 0.4) is 0 Å². The maximum absolute atomic E-state index is 11.7. The first-order valence-corrected chi connectivity index (χ1v) is 6.69. The fourth-order valence-corrected chi connectivity index (χ4v) is 3.38. The molecule has 2 heterocycles. The molecule has 0 radical (unpaired) electrons. The number of Topliss-reactive ketones (excluding diaryl/α,β-unsaturated/α-hetero) is 1. The highest BCUT2D eigenvalue weighted by molar-refractivity contribution is 8.00. The first kappa shape index (κ1) is 14.0. The Labute approximate surface area is 112 Å². The van der Waals surface area contributed by atoms with Crippen LogP contribution in [0.4, 0.5) is 0 Å². The van der Waals surface area contributed by atoms with Crippen molar-refractivity contribution in [2.45, 2.75) is 30.1 Å². The Morgan fingerprint density at radius 1 is 1.58 bits per heavy atom. The lowest BCUT2D eigenvalue weighted by Gasteiger charge is -2.13. The number of H-pyrrole nitrogens is 1. The molecule has 0 bridgehead atoms. The fraction of sp³-hybridized carbons (Fsp3) is 0.545. The second-order valence-electron chi connectivity index (χ2n) is 4.38. The third-order valence-electron chi connectivity index (χ3n) is 3.04. The molecule has 7 nitrogen and oxygen atoms in total. The van der Waals surface area contributed by atoms with Crippen molar-refractivity contribution < 1.29 is 15.0 Å². The van der Waals surface area contributed by atoms with Crippen LogP contribution in [0.25, 0.3) is 0 Å². The Balaban J connectivity index is 2.41. The molecule has 1 aliphatic rings. The minimum atomic E-state index is -0.723. The number of rotatable bonds is 3. The highest BCUT2D eigenvalue weighted by atomic mass is 32.2. The molecular weight excluding hydrogens is 272 g/mol. The molecule has 1 fully saturated rings. The van der Waals surface area contributed by atoms with Gasteiger partial charge in [-0.15, -0.1) is 11.8 Å². The van der Waals surface area contributed by atoms with Gasteiger partial charge >= 0.3 is 5.69 Å². The Kier molecular flexibility index (Phi) is 3.93. The number of thioether (sulfide) groups is 1. The van der Waals surface area contributed by atoms with Crippen LogP contribution < -0.4 is 11.2 Å². The minimum absolute atomic E-state index is 0.0952. The summed E-state index contributed by atoms with van der Waals surface area (Å²) >= 11 is 1.24. The van der Waals surface area contributed by atoms with Gasteiger partial charge in [0.15, 0.2) is 5.78 Å². The van der Waals surface area contributed by atoms with E-state index in [0.717, 1.165) is 0 Å². The molecule has 0 amide bonds. The quantitative estimate of drug-likeness (QED) is 0.621. The summed E-state index contributed by atoms with van der Waals surface area (Å²) in [5, 5.41) is 18.0. The van der Waals surface area contributed by atoms with Crippen molar-refractivity contribution in [2.24, 2.45) is 0 Å². The van der Waals surface area contributed by atoms with Crippen LogP contribution in [0.1, 0.15) is 29.1 Å². The van der Waals surface area contributed by atoms with Gasteiger partial charge in [-0.05, 0) is 6.92 Å². The third kappa shape index (κ3) is 2.65. The van der Waals surface area contributed by atoms with Crippen LogP contribution in [0.5, 0.6) is 0 Å². The lowest BCUT2D eigenvalue weighted by atomic mass is 10.2. The molecule has 0 spiro atoms. The van der Waals surface area contributed by atoms with E-state index < -0.39 is 28.5 Å². The molecule has 3 atom stereocenters. The topological polar surface area (TPSA) is 112 Å². The molecule has 1 aromatic rings. The Hall–Kier alpha value is -1.38. The fourth-order valence-electron chi connectivity index (χ4n) is 2.00. The van der Waals surface area contributed by atoms with Crippen molar-refractivity contribution in [1.82, 2.24) is 9.55 Å². The van der Waals surface area contributed by atoms with Gasteiger partial charge in [-0.25, -0.2) is 4.79 Å². The average Bonchev–Trinajstić information content (AvgIpc) is 2.69. The van der Waals surface area contributed by atoms with Gasteiger partial charge in [-0.3, -0.25) is 19.1 Å². The van der Waals surface area contributed by atoms with Gasteiger partial charge in [0.1, 0.15) is 0 Å². The van der Waals surface area contributed by atoms with Crippen molar-refractivity contribution in [3.05, 3.63) is 32.6 Å². The summed E-state index contributed by atoms with van der Waals surface area (Å²) in [7, 11) is 0. The monoisotopic (exact) mass is 286 g/mol. The van der Waals surface area contributed by atoms with Gasteiger partial charge in [-0.2, -0.15) is 0 Å². The van der Waals surface area contributed by atoms with Crippen LogP contribution in [0.15, 0.2) is 15.8 Å². The van der Waals surface area contributed by atoms with E-state index in [9.17, 15) is 19.5 Å². The summed E-state index contributed by atoms with van der Waals surface area (Å²) in [5.74, 6) is -0.433. The Morgan fingerprint density at radius 3 is 2.79 bits per heavy atom. The number of aliphatic hydroxyl groups excluding tert-OH is 2. The number of carbonyl (C=O) groups excluding carboxylic acids is 1. The minimum Gasteiger partial charge on any atom is -0.395 e. The summed E-state index contributed by atoms with van der Waals surface area (Å²) in [6.45, 7) is 1.05. The normalized spacial score (nSPS) is 26.6. The summed E-state index contributed by atoms with van der Waals surface area (Å²) in [4.78, 5) is 36.6. The van der Waals surface area contributed by atoms with Crippen LogP contribution in [0, 0.1) is 0 Å². The van der Waals surface area contributed by atoms with Gasteiger partial charge in [0.2, 0.25) is 0 Å². The van der Waals surface area contributed by atoms with E-state index in [1.165, 1.54) is 29.4 Å².